The van der Waals surface area contributed by atoms with Crippen molar-refractivity contribution in [2.75, 3.05) is 6.54 Å². The molecule has 1 amide bonds. The van der Waals surface area contributed by atoms with E-state index in [0.717, 1.165) is 6.42 Å². The predicted molar refractivity (Wildman–Crippen MR) is 95.7 cm³/mol. The van der Waals surface area contributed by atoms with Gasteiger partial charge in [-0.05, 0) is 31.4 Å². The van der Waals surface area contributed by atoms with Gasteiger partial charge in [-0.1, -0.05) is 26.0 Å². The molecule has 1 atom stereocenters. The zero-order valence-electron chi connectivity index (χ0n) is 14.6. The largest absolute Gasteiger partial charge is 0.350 e. The molecule has 6 heteroatoms. The Labute approximate surface area is 142 Å². The van der Waals surface area contributed by atoms with Gasteiger partial charge in [0.15, 0.2) is 0 Å². The van der Waals surface area contributed by atoms with Crippen LogP contribution in [0.25, 0.3) is 10.9 Å². The lowest BCUT2D eigenvalue weighted by atomic mass is 9.90. The number of hydrogen-bond donors (Lipinski definition) is 2. The first-order valence-corrected chi connectivity index (χ1v) is 8.30. The number of benzene rings is 1. The van der Waals surface area contributed by atoms with Gasteiger partial charge in [-0.25, -0.2) is 4.98 Å². The minimum atomic E-state index is -0.419. The number of carbonyl (C=O) groups excluding carboxylic acids is 1. The van der Waals surface area contributed by atoms with Crippen LogP contribution in [0, 0.1) is 5.92 Å². The van der Waals surface area contributed by atoms with Crippen molar-refractivity contribution in [1.29, 1.82) is 0 Å². The van der Waals surface area contributed by atoms with Crippen molar-refractivity contribution in [1.82, 2.24) is 14.9 Å². The van der Waals surface area contributed by atoms with E-state index in [1.807, 2.05) is 13.0 Å². The fourth-order valence-electron chi connectivity index (χ4n) is 2.97. The summed E-state index contributed by atoms with van der Waals surface area (Å²) in [6.45, 7) is 6.83. The number of nitrogens with two attached hydrogens (primary N) is 1. The first-order valence-electron chi connectivity index (χ1n) is 8.30. The zero-order chi connectivity index (χ0) is 17.7. The summed E-state index contributed by atoms with van der Waals surface area (Å²) < 4.78 is 1.48. The van der Waals surface area contributed by atoms with Gasteiger partial charge in [0.25, 0.3) is 5.56 Å². The van der Waals surface area contributed by atoms with Crippen LogP contribution in [0.15, 0.2) is 35.4 Å². The average molecular weight is 330 g/mol. The fraction of sp³-hybridized carbons (Fsp3) is 0.500. The number of aryl methyl sites for hydroxylation is 1. The van der Waals surface area contributed by atoms with Crippen molar-refractivity contribution in [2.45, 2.75) is 45.7 Å². The lowest BCUT2D eigenvalue weighted by Crippen LogP contribution is -2.52. The number of nitrogens with zero attached hydrogens (tertiary/aromatic N) is 2. The van der Waals surface area contributed by atoms with E-state index in [-0.39, 0.29) is 17.9 Å². The van der Waals surface area contributed by atoms with Crippen LogP contribution in [0.3, 0.4) is 0 Å². The Morgan fingerprint density at radius 1 is 1.38 bits per heavy atom. The predicted octanol–water partition coefficient (Wildman–Crippen LogP) is 1.67. The molecule has 24 heavy (non-hydrogen) atoms. The van der Waals surface area contributed by atoms with Crippen molar-refractivity contribution in [3.63, 3.8) is 0 Å². The van der Waals surface area contributed by atoms with Crippen LogP contribution in [-0.4, -0.2) is 27.5 Å². The van der Waals surface area contributed by atoms with Crippen LogP contribution in [0.4, 0.5) is 0 Å². The van der Waals surface area contributed by atoms with Crippen LogP contribution < -0.4 is 16.6 Å². The molecule has 0 bridgehead atoms. The van der Waals surface area contributed by atoms with E-state index in [1.165, 1.54) is 10.9 Å². The van der Waals surface area contributed by atoms with E-state index < -0.39 is 5.54 Å². The van der Waals surface area contributed by atoms with Crippen molar-refractivity contribution in [2.24, 2.45) is 11.7 Å². The van der Waals surface area contributed by atoms with Crippen molar-refractivity contribution < 1.29 is 4.79 Å². The van der Waals surface area contributed by atoms with Gasteiger partial charge in [0.05, 0.1) is 17.2 Å². The Balaban J connectivity index is 2.04. The smallest absolute Gasteiger partial charge is 0.261 e. The van der Waals surface area contributed by atoms with Crippen LogP contribution in [0.1, 0.15) is 33.6 Å². The molecule has 0 radical (unpaired) electrons. The van der Waals surface area contributed by atoms with E-state index in [9.17, 15) is 9.59 Å². The van der Waals surface area contributed by atoms with Gasteiger partial charge in [-0.2, -0.15) is 0 Å². The second-order valence-electron chi connectivity index (χ2n) is 6.92. The number of amides is 1. The van der Waals surface area contributed by atoms with E-state index in [1.54, 1.807) is 18.2 Å². The van der Waals surface area contributed by atoms with Gasteiger partial charge in [-0.3, -0.25) is 14.2 Å². The number of aromatic nitrogens is 2. The van der Waals surface area contributed by atoms with Gasteiger partial charge >= 0.3 is 0 Å². The molecule has 0 saturated heterocycles. The second-order valence-corrected chi connectivity index (χ2v) is 6.92. The third-order valence-electron chi connectivity index (χ3n) is 4.06. The Morgan fingerprint density at radius 2 is 2.08 bits per heavy atom. The molecule has 0 spiro atoms. The average Bonchev–Trinajstić information content (AvgIpc) is 2.53. The van der Waals surface area contributed by atoms with Crippen LogP contribution in [-0.2, 0) is 11.3 Å². The van der Waals surface area contributed by atoms with Crippen LogP contribution in [0.2, 0.25) is 0 Å². The Morgan fingerprint density at radius 3 is 2.75 bits per heavy atom. The quantitative estimate of drug-likeness (QED) is 0.808. The molecule has 0 aliphatic heterocycles. The Bertz CT molecular complexity index is 769. The molecule has 130 valence electrons. The molecular weight excluding hydrogens is 304 g/mol. The van der Waals surface area contributed by atoms with Crippen molar-refractivity contribution >= 4 is 16.8 Å². The summed E-state index contributed by atoms with van der Waals surface area (Å²) in [5.41, 5.74) is 5.93. The maximum absolute atomic E-state index is 12.4. The summed E-state index contributed by atoms with van der Waals surface area (Å²) >= 11 is 0. The van der Waals surface area contributed by atoms with Crippen LogP contribution >= 0.6 is 0 Å². The highest BCUT2D eigenvalue weighted by Gasteiger charge is 2.25. The van der Waals surface area contributed by atoms with E-state index in [2.05, 4.69) is 24.1 Å². The molecule has 0 aliphatic rings. The molecule has 2 rings (SSSR count). The summed E-state index contributed by atoms with van der Waals surface area (Å²) in [4.78, 5) is 28.9. The first kappa shape index (κ1) is 18.1. The summed E-state index contributed by atoms with van der Waals surface area (Å²) in [5.74, 6) is 0.329. The maximum atomic E-state index is 12.4. The molecular formula is C18H26N4O2. The summed E-state index contributed by atoms with van der Waals surface area (Å²) in [7, 11) is 0. The molecule has 1 aromatic carbocycles. The van der Waals surface area contributed by atoms with Crippen molar-refractivity contribution in [3.8, 4) is 0 Å². The van der Waals surface area contributed by atoms with Gasteiger partial charge in [0, 0.05) is 25.0 Å². The molecule has 1 unspecified atom stereocenters. The van der Waals surface area contributed by atoms with Crippen molar-refractivity contribution in [3.05, 3.63) is 40.9 Å². The van der Waals surface area contributed by atoms with Crippen LogP contribution in [0.5, 0.6) is 0 Å². The van der Waals surface area contributed by atoms with Gasteiger partial charge in [0.1, 0.15) is 0 Å². The summed E-state index contributed by atoms with van der Waals surface area (Å²) in [6, 6.07) is 7.19. The molecule has 0 saturated carbocycles. The standard InChI is InChI=1S/C18H26N4O2/c1-13(2)10-18(3,11-19)21-16(23)8-9-22-12-20-15-7-5-4-6-14(15)17(22)24/h4-7,12-13H,8-11,19H2,1-3H3,(H,21,23). The first-order chi connectivity index (χ1) is 11.3. The third-order valence-corrected chi connectivity index (χ3v) is 4.06. The number of fused-ring (bicyclic) bond motifs is 1. The molecule has 1 heterocycles. The van der Waals surface area contributed by atoms with E-state index in [0.29, 0.717) is 29.9 Å². The number of rotatable bonds is 7. The van der Waals surface area contributed by atoms with E-state index >= 15 is 0 Å². The molecule has 0 fully saturated rings. The number of para-hydroxylation sites is 1. The number of hydrogen-bond acceptors (Lipinski definition) is 4. The molecule has 2 aromatic rings. The zero-order valence-corrected chi connectivity index (χ0v) is 14.6. The summed E-state index contributed by atoms with van der Waals surface area (Å²) in [6.07, 6.45) is 2.52. The SMILES string of the molecule is CC(C)CC(C)(CN)NC(=O)CCn1cnc2ccccc2c1=O. The molecule has 1 aromatic heterocycles. The van der Waals surface area contributed by atoms with Gasteiger partial charge < -0.3 is 11.1 Å². The minimum Gasteiger partial charge on any atom is -0.350 e. The number of nitrogens with one attached hydrogen (secondary N) is 1. The second kappa shape index (κ2) is 7.57. The fourth-order valence-corrected chi connectivity index (χ4v) is 2.97. The Hall–Kier alpha value is -2.21. The lowest BCUT2D eigenvalue weighted by molar-refractivity contribution is -0.123. The normalized spacial score (nSPS) is 13.9. The van der Waals surface area contributed by atoms with Gasteiger partial charge in [0.2, 0.25) is 5.91 Å². The van der Waals surface area contributed by atoms with Gasteiger partial charge in [-0.15, -0.1) is 0 Å². The molecule has 0 aliphatic carbocycles. The molecule has 6 nitrogen and oxygen atoms in total. The highest BCUT2D eigenvalue weighted by Crippen LogP contribution is 2.15. The maximum Gasteiger partial charge on any atom is 0.261 e. The Kier molecular flexibility index (Phi) is 5.72. The minimum absolute atomic E-state index is 0.108. The topological polar surface area (TPSA) is 90.0 Å². The third kappa shape index (κ3) is 4.41. The number of carbonyl (C=O) groups is 1. The monoisotopic (exact) mass is 330 g/mol. The molecule has 3 N–H and O–H groups in total. The highest BCUT2D eigenvalue weighted by atomic mass is 16.2. The summed E-state index contributed by atoms with van der Waals surface area (Å²) in [5, 5.41) is 3.56. The van der Waals surface area contributed by atoms with E-state index in [4.69, 9.17) is 5.73 Å². The lowest BCUT2D eigenvalue weighted by Gasteiger charge is -2.31. The highest BCUT2D eigenvalue weighted by molar-refractivity contribution is 5.78.